The summed E-state index contributed by atoms with van der Waals surface area (Å²) in [5.41, 5.74) is 3.00. The minimum absolute atomic E-state index is 0.909. The lowest BCUT2D eigenvalue weighted by atomic mass is 10.1. The molecular formula is C9H6N4S. The van der Waals surface area contributed by atoms with Crippen LogP contribution in [0.5, 0.6) is 0 Å². The molecule has 68 valence electrons. The number of hydrogen-bond acceptors (Lipinski definition) is 4. The SMILES string of the molecule is c1cc2cn[nH]c2cc1-c1cnsn1. The van der Waals surface area contributed by atoms with Gasteiger partial charge in [0.1, 0.15) is 5.69 Å². The number of fused-ring (bicyclic) bond motifs is 1. The molecule has 2 aromatic heterocycles. The summed E-state index contributed by atoms with van der Waals surface area (Å²) in [6.07, 6.45) is 3.57. The molecule has 5 heteroatoms. The summed E-state index contributed by atoms with van der Waals surface area (Å²) >= 11 is 1.22. The van der Waals surface area contributed by atoms with Crippen LogP contribution in [0.1, 0.15) is 0 Å². The third kappa shape index (κ3) is 1.10. The Morgan fingerprint density at radius 1 is 1.21 bits per heavy atom. The van der Waals surface area contributed by atoms with Crippen molar-refractivity contribution in [2.75, 3.05) is 0 Å². The predicted octanol–water partition coefficient (Wildman–Crippen LogP) is 2.08. The molecule has 0 fully saturated rings. The average Bonchev–Trinajstić information content (AvgIpc) is 2.88. The molecule has 0 amide bonds. The first-order chi connectivity index (χ1) is 6.93. The molecule has 2 heterocycles. The van der Waals surface area contributed by atoms with Gasteiger partial charge in [-0.1, -0.05) is 12.1 Å². The molecule has 3 rings (SSSR count). The molecule has 0 saturated heterocycles. The van der Waals surface area contributed by atoms with Gasteiger partial charge in [-0.2, -0.15) is 13.8 Å². The van der Waals surface area contributed by atoms with Crippen LogP contribution in [-0.2, 0) is 0 Å². The van der Waals surface area contributed by atoms with Crippen LogP contribution in [0.2, 0.25) is 0 Å². The standard InChI is InChI=1S/C9H6N4S/c1-2-7-4-10-12-8(7)3-6(1)9-5-11-14-13-9/h1-5H,(H,10,12). The van der Waals surface area contributed by atoms with E-state index in [2.05, 4.69) is 18.9 Å². The van der Waals surface area contributed by atoms with Gasteiger partial charge in [0.15, 0.2) is 0 Å². The molecule has 1 aromatic carbocycles. The molecule has 0 aliphatic heterocycles. The van der Waals surface area contributed by atoms with E-state index in [4.69, 9.17) is 0 Å². The van der Waals surface area contributed by atoms with Crippen LogP contribution < -0.4 is 0 Å². The first-order valence-corrected chi connectivity index (χ1v) is 4.87. The monoisotopic (exact) mass is 202 g/mol. The largest absolute Gasteiger partial charge is 0.278 e. The summed E-state index contributed by atoms with van der Waals surface area (Å²) in [7, 11) is 0. The van der Waals surface area contributed by atoms with E-state index in [1.54, 1.807) is 12.4 Å². The molecule has 1 N–H and O–H groups in total. The molecule has 3 aromatic rings. The lowest BCUT2D eigenvalue weighted by Crippen LogP contribution is -1.76. The maximum Gasteiger partial charge on any atom is 0.104 e. The second kappa shape index (κ2) is 2.88. The van der Waals surface area contributed by atoms with Gasteiger partial charge in [-0.05, 0) is 6.07 Å². The van der Waals surface area contributed by atoms with Crippen molar-refractivity contribution in [2.45, 2.75) is 0 Å². The van der Waals surface area contributed by atoms with Crippen LogP contribution in [-0.4, -0.2) is 18.9 Å². The van der Waals surface area contributed by atoms with Crippen LogP contribution in [0, 0.1) is 0 Å². The highest BCUT2D eigenvalue weighted by molar-refractivity contribution is 6.99. The molecule has 0 saturated carbocycles. The minimum Gasteiger partial charge on any atom is -0.278 e. The van der Waals surface area contributed by atoms with Crippen molar-refractivity contribution in [1.82, 2.24) is 18.9 Å². The molecule has 0 bridgehead atoms. The molecular weight excluding hydrogens is 196 g/mol. The zero-order chi connectivity index (χ0) is 9.38. The number of hydrogen-bond donors (Lipinski definition) is 1. The maximum atomic E-state index is 4.17. The molecule has 0 radical (unpaired) electrons. The van der Waals surface area contributed by atoms with Crippen molar-refractivity contribution in [3.8, 4) is 11.3 Å². The number of H-pyrrole nitrogens is 1. The van der Waals surface area contributed by atoms with Crippen molar-refractivity contribution in [3.63, 3.8) is 0 Å². The van der Waals surface area contributed by atoms with Crippen molar-refractivity contribution in [3.05, 3.63) is 30.6 Å². The van der Waals surface area contributed by atoms with Crippen LogP contribution in [0.4, 0.5) is 0 Å². The topological polar surface area (TPSA) is 54.5 Å². The van der Waals surface area contributed by atoms with Gasteiger partial charge in [0.05, 0.1) is 29.6 Å². The van der Waals surface area contributed by atoms with Crippen LogP contribution in [0.25, 0.3) is 22.2 Å². The Labute approximate surface area is 83.9 Å². The molecule has 0 unspecified atom stereocenters. The highest BCUT2D eigenvalue weighted by Gasteiger charge is 2.02. The van der Waals surface area contributed by atoms with Gasteiger partial charge < -0.3 is 0 Å². The predicted molar refractivity (Wildman–Crippen MR) is 55.0 cm³/mol. The van der Waals surface area contributed by atoms with Gasteiger partial charge in [-0.15, -0.1) is 0 Å². The highest BCUT2D eigenvalue weighted by atomic mass is 32.1. The number of aromatic amines is 1. The van der Waals surface area contributed by atoms with Gasteiger partial charge in [0.2, 0.25) is 0 Å². The second-order valence-corrected chi connectivity index (χ2v) is 3.52. The zero-order valence-electron chi connectivity index (χ0n) is 7.14. The summed E-state index contributed by atoms with van der Waals surface area (Å²) in [5, 5.41) is 8.00. The maximum absolute atomic E-state index is 4.17. The van der Waals surface area contributed by atoms with Gasteiger partial charge in [0, 0.05) is 10.9 Å². The normalized spacial score (nSPS) is 10.9. The van der Waals surface area contributed by atoms with E-state index in [0.29, 0.717) is 0 Å². The molecule has 0 aliphatic rings. The zero-order valence-corrected chi connectivity index (χ0v) is 7.95. The number of nitrogens with one attached hydrogen (secondary N) is 1. The van der Waals surface area contributed by atoms with E-state index in [1.807, 2.05) is 18.2 Å². The van der Waals surface area contributed by atoms with E-state index in [1.165, 1.54) is 11.7 Å². The smallest absolute Gasteiger partial charge is 0.104 e. The Hall–Kier alpha value is -1.75. The molecule has 0 aliphatic carbocycles. The van der Waals surface area contributed by atoms with Crippen LogP contribution >= 0.6 is 11.7 Å². The summed E-state index contributed by atoms with van der Waals surface area (Å²) in [5.74, 6) is 0. The summed E-state index contributed by atoms with van der Waals surface area (Å²) in [4.78, 5) is 0. The van der Waals surface area contributed by atoms with Gasteiger partial charge in [-0.3, -0.25) is 5.10 Å². The Morgan fingerprint density at radius 2 is 2.21 bits per heavy atom. The fourth-order valence-electron chi connectivity index (χ4n) is 1.39. The van der Waals surface area contributed by atoms with Crippen LogP contribution in [0.15, 0.2) is 30.6 Å². The van der Waals surface area contributed by atoms with Crippen molar-refractivity contribution < 1.29 is 0 Å². The molecule has 4 nitrogen and oxygen atoms in total. The van der Waals surface area contributed by atoms with E-state index in [9.17, 15) is 0 Å². The molecule has 0 spiro atoms. The summed E-state index contributed by atoms with van der Waals surface area (Å²) in [6.45, 7) is 0. The van der Waals surface area contributed by atoms with E-state index in [-0.39, 0.29) is 0 Å². The molecule has 14 heavy (non-hydrogen) atoms. The second-order valence-electron chi connectivity index (χ2n) is 2.96. The number of nitrogens with zero attached hydrogens (tertiary/aromatic N) is 3. The Kier molecular flexibility index (Phi) is 1.57. The first-order valence-electron chi connectivity index (χ1n) is 4.14. The highest BCUT2D eigenvalue weighted by Crippen LogP contribution is 2.21. The van der Waals surface area contributed by atoms with Crippen molar-refractivity contribution in [1.29, 1.82) is 0 Å². The fraction of sp³-hybridized carbons (Fsp3) is 0. The lowest BCUT2D eigenvalue weighted by molar-refractivity contribution is 1.12. The van der Waals surface area contributed by atoms with Gasteiger partial charge in [0.25, 0.3) is 0 Å². The summed E-state index contributed by atoms with van der Waals surface area (Å²) < 4.78 is 8.14. The Bertz CT molecular complexity index is 555. The fourth-order valence-corrected chi connectivity index (χ4v) is 1.82. The number of rotatable bonds is 1. The van der Waals surface area contributed by atoms with Gasteiger partial charge in [-0.25, -0.2) is 0 Å². The summed E-state index contributed by atoms with van der Waals surface area (Å²) in [6, 6.07) is 6.07. The molecule has 0 atom stereocenters. The quantitative estimate of drug-likeness (QED) is 0.657. The number of benzene rings is 1. The third-order valence-corrected chi connectivity index (χ3v) is 2.58. The Balaban J connectivity index is 2.23. The van der Waals surface area contributed by atoms with Gasteiger partial charge >= 0.3 is 0 Å². The van der Waals surface area contributed by atoms with Crippen LogP contribution in [0.3, 0.4) is 0 Å². The first kappa shape index (κ1) is 7.64. The van der Waals surface area contributed by atoms with Crippen molar-refractivity contribution >= 4 is 22.6 Å². The average molecular weight is 202 g/mol. The van der Waals surface area contributed by atoms with E-state index < -0.39 is 0 Å². The third-order valence-electron chi connectivity index (χ3n) is 2.10. The minimum atomic E-state index is 0.909. The van der Waals surface area contributed by atoms with E-state index in [0.717, 1.165) is 22.2 Å². The van der Waals surface area contributed by atoms with E-state index >= 15 is 0 Å². The Morgan fingerprint density at radius 3 is 3.07 bits per heavy atom. The lowest BCUT2D eigenvalue weighted by Gasteiger charge is -1.94. The number of aromatic nitrogens is 4. The van der Waals surface area contributed by atoms with Crippen molar-refractivity contribution in [2.24, 2.45) is 0 Å².